The van der Waals surface area contributed by atoms with E-state index in [4.69, 9.17) is 4.74 Å². The maximum atomic E-state index is 12.0. The molecule has 1 aromatic rings. The predicted molar refractivity (Wildman–Crippen MR) is 81.6 cm³/mol. The Bertz CT molecular complexity index is 572. The normalized spacial score (nSPS) is 21.4. The number of hydrogen-bond acceptors (Lipinski definition) is 4. The van der Waals surface area contributed by atoms with E-state index in [1.165, 1.54) is 17.3 Å². The van der Waals surface area contributed by atoms with Crippen LogP contribution in [0.5, 0.6) is 0 Å². The Hall–Kier alpha value is -1.59. The van der Waals surface area contributed by atoms with Crippen LogP contribution in [0.2, 0.25) is 0 Å². The Morgan fingerprint density at radius 1 is 1.25 bits per heavy atom. The van der Waals surface area contributed by atoms with Gasteiger partial charge in [0.1, 0.15) is 0 Å². The Balaban J connectivity index is 1.74. The third-order valence-corrected chi connectivity index (χ3v) is 4.31. The fourth-order valence-electron chi connectivity index (χ4n) is 2.10. The fourth-order valence-corrected chi connectivity index (χ4v) is 3.07. The minimum atomic E-state index is -0.142. The number of thioether (sulfide) groups is 1. The van der Waals surface area contributed by atoms with Crippen LogP contribution >= 0.6 is 11.8 Å². The zero-order chi connectivity index (χ0) is 13.9. The Morgan fingerprint density at radius 3 is 2.65 bits per heavy atom. The summed E-state index contributed by atoms with van der Waals surface area (Å²) in [5, 5.41) is 0.802. The third kappa shape index (κ3) is 2.94. The van der Waals surface area contributed by atoms with Gasteiger partial charge < -0.3 is 9.64 Å². The molecular formula is C15H16N2O2S. The summed E-state index contributed by atoms with van der Waals surface area (Å²) < 4.78 is 5.31. The van der Waals surface area contributed by atoms with Crippen molar-refractivity contribution in [2.24, 2.45) is 4.99 Å². The molecule has 3 rings (SSSR count). The molecule has 0 atom stereocenters. The molecule has 1 fully saturated rings. The van der Waals surface area contributed by atoms with E-state index in [0.29, 0.717) is 18.1 Å². The average Bonchev–Trinajstić information content (AvgIpc) is 2.84. The molecule has 4 nitrogen and oxygen atoms in total. The minimum absolute atomic E-state index is 0.142. The molecule has 1 amide bonds. The van der Waals surface area contributed by atoms with E-state index in [0.717, 1.165) is 23.8 Å². The summed E-state index contributed by atoms with van der Waals surface area (Å²) in [6, 6.07) is 8.12. The van der Waals surface area contributed by atoms with Crippen LogP contribution in [0.15, 0.2) is 34.2 Å². The number of aryl methyl sites for hydroxylation is 1. The van der Waals surface area contributed by atoms with Crippen molar-refractivity contribution >= 4 is 28.9 Å². The molecule has 0 spiro atoms. The fraction of sp³-hybridized carbons (Fsp3) is 0.333. The molecule has 20 heavy (non-hydrogen) atoms. The summed E-state index contributed by atoms with van der Waals surface area (Å²) in [4.78, 5) is 18.9. The second-order valence-electron chi connectivity index (χ2n) is 4.82. The van der Waals surface area contributed by atoms with Crippen molar-refractivity contribution in [3.05, 3.63) is 40.3 Å². The smallest absolute Gasteiger partial charge is 0.286 e. The van der Waals surface area contributed by atoms with Gasteiger partial charge in [-0.2, -0.15) is 4.99 Å². The van der Waals surface area contributed by atoms with E-state index >= 15 is 0 Å². The molecule has 0 N–H and O–H groups in total. The van der Waals surface area contributed by atoms with Crippen molar-refractivity contribution < 1.29 is 9.53 Å². The Kier molecular flexibility index (Phi) is 3.89. The number of rotatable bonds is 1. The van der Waals surface area contributed by atoms with E-state index in [-0.39, 0.29) is 5.91 Å². The second-order valence-corrected chi connectivity index (χ2v) is 5.83. The van der Waals surface area contributed by atoms with Gasteiger partial charge in [-0.1, -0.05) is 29.8 Å². The van der Waals surface area contributed by atoms with Gasteiger partial charge in [-0.3, -0.25) is 4.79 Å². The zero-order valence-electron chi connectivity index (χ0n) is 11.3. The summed E-state index contributed by atoms with van der Waals surface area (Å²) >= 11 is 1.46. The van der Waals surface area contributed by atoms with Gasteiger partial charge in [0.2, 0.25) is 0 Å². The Labute approximate surface area is 122 Å². The molecule has 0 saturated carbocycles. The van der Waals surface area contributed by atoms with Crippen LogP contribution in [0.3, 0.4) is 0 Å². The van der Waals surface area contributed by atoms with Crippen LogP contribution in [-0.4, -0.2) is 42.3 Å². The monoisotopic (exact) mass is 288 g/mol. The number of morpholine rings is 1. The number of nitrogens with zero attached hydrogens (tertiary/aromatic N) is 2. The lowest BCUT2D eigenvalue weighted by Crippen LogP contribution is -2.38. The van der Waals surface area contributed by atoms with Gasteiger partial charge in [0, 0.05) is 13.1 Å². The number of hydrogen-bond donors (Lipinski definition) is 0. The number of amides is 1. The molecule has 2 heterocycles. The first kappa shape index (κ1) is 13.4. The molecule has 1 saturated heterocycles. The van der Waals surface area contributed by atoms with Crippen molar-refractivity contribution in [1.82, 2.24) is 4.90 Å². The lowest BCUT2D eigenvalue weighted by molar-refractivity contribution is -0.113. The van der Waals surface area contributed by atoms with Crippen LogP contribution in [0, 0.1) is 6.92 Å². The van der Waals surface area contributed by atoms with Crippen LogP contribution < -0.4 is 0 Å². The molecule has 2 aliphatic rings. The highest BCUT2D eigenvalue weighted by Gasteiger charge is 2.26. The van der Waals surface area contributed by atoms with E-state index in [9.17, 15) is 4.79 Å². The summed E-state index contributed by atoms with van der Waals surface area (Å²) in [5.41, 5.74) is 2.24. The highest BCUT2D eigenvalue weighted by Crippen LogP contribution is 2.30. The summed E-state index contributed by atoms with van der Waals surface area (Å²) in [7, 11) is 0. The van der Waals surface area contributed by atoms with E-state index in [2.05, 4.69) is 9.89 Å². The quantitative estimate of drug-likeness (QED) is 0.744. The number of aliphatic imine (C=N–C) groups is 1. The molecule has 0 aliphatic carbocycles. The topological polar surface area (TPSA) is 41.9 Å². The first-order chi connectivity index (χ1) is 9.72. The predicted octanol–water partition coefficient (Wildman–Crippen LogP) is 2.30. The zero-order valence-corrected chi connectivity index (χ0v) is 12.2. The number of carbonyl (C=O) groups is 1. The lowest BCUT2D eigenvalue weighted by Gasteiger charge is -2.27. The van der Waals surface area contributed by atoms with Gasteiger partial charge >= 0.3 is 0 Å². The standard InChI is InChI=1S/C15H16N2O2S/c1-11-2-4-12(5-3-11)10-13-14(18)16-15(20-13)17-6-8-19-9-7-17/h2-5,10H,6-9H2,1H3/b13-10-. The molecule has 5 heteroatoms. The van der Waals surface area contributed by atoms with Crippen molar-refractivity contribution in [3.8, 4) is 0 Å². The van der Waals surface area contributed by atoms with Gasteiger partial charge in [-0.15, -0.1) is 0 Å². The summed E-state index contributed by atoms with van der Waals surface area (Å²) in [6.07, 6.45) is 1.91. The molecule has 2 aliphatic heterocycles. The summed E-state index contributed by atoms with van der Waals surface area (Å²) in [5.74, 6) is -0.142. The van der Waals surface area contributed by atoms with Gasteiger partial charge in [-0.05, 0) is 30.3 Å². The average molecular weight is 288 g/mol. The van der Waals surface area contributed by atoms with Crippen LogP contribution in [-0.2, 0) is 9.53 Å². The van der Waals surface area contributed by atoms with Gasteiger partial charge in [0.15, 0.2) is 5.17 Å². The van der Waals surface area contributed by atoms with E-state index in [1.807, 2.05) is 37.3 Å². The maximum absolute atomic E-state index is 12.0. The SMILES string of the molecule is Cc1ccc(/C=C2\SC(N3CCOCC3)=NC2=O)cc1. The highest BCUT2D eigenvalue weighted by molar-refractivity contribution is 8.18. The minimum Gasteiger partial charge on any atom is -0.378 e. The number of carbonyl (C=O) groups excluding carboxylic acids is 1. The van der Waals surface area contributed by atoms with Gasteiger partial charge in [0.05, 0.1) is 18.1 Å². The van der Waals surface area contributed by atoms with E-state index < -0.39 is 0 Å². The first-order valence-corrected chi connectivity index (χ1v) is 7.46. The number of ether oxygens (including phenoxy) is 1. The molecule has 0 aromatic heterocycles. The Morgan fingerprint density at radius 2 is 1.95 bits per heavy atom. The molecule has 0 radical (unpaired) electrons. The van der Waals surface area contributed by atoms with Crippen molar-refractivity contribution in [2.75, 3.05) is 26.3 Å². The molecule has 1 aromatic carbocycles. The molecule has 0 bridgehead atoms. The second kappa shape index (κ2) is 5.81. The van der Waals surface area contributed by atoms with Crippen molar-refractivity contribution in [2.45, 2.75) is 6.92 Å². The maximum Gasteiger partial charge on any atom is 0.286 e. The first-order valence-electron chi connectivity index (χ1n) is 6.64. The van der Waals surface area contributed by atoms with Gasteiger partial charge in [0.25, 0.3) is 5.91 Å². The number of benzene rings is 1. The van der Waals surface area contributed by atoms with Gasteiger partial charge in [-0.25, -0.2) is 0 Å². The van der Waals surface area contributed by atoms with Crippen LogP contribution in [0.25, 0.3) is 6.08 Å². The molecule has 0 unspecified atom stereocenters. The highest BCUT2D eigenvalue weighted by atomic mass is 32.2. The van der Waals surface area contributed by atoms with Crippen molar-refractivity contribution in [1.29, 1.82) is 0 Å². The van der Waals surface area contributed by atoms with E-state index in [1.54, 1.807) is 0 Å². The lowest BCUT2D eigenvalue weighted by atomic mass is 10.1. The van der Waals surface area contributed by atoms with Crippen LogP contribution in [0.4, 0.5) is 0 Å². The largest absolute Gasteiger partial charge is 0.378 e. The molecular weight excluding hydrogens is 272 g/mol. The van der Waals surface area contributed by atoms with Crippen LogP contribution in [0.1, 0.15) is 11.1 Å². The third-order valence-electron chi connectivity index (χ3n) is 3.27. The number of amidine groups is 1. The molecule has 104 valence electrons. The van der Waals surface area contributed by atoms with Crippen molar-refractivity contribution in [3.63, 3.8) is 0 Å². The summed E-state index contributed by atoms with van der Waals surface area (Å²) in [6.45, 7) is 5.05.